The van der Waals surface area contributed by atoms with E-state index in [9.17, 15) is 14.0 Å². The fraction of sp³-hybridized carbons (Fsp3) is 0.261. The first-order chi connectivity index (χ1) is 15.0. The lowest BCUT2D eigenvalue weighted by atomic mass is 9.97. The molecular formula is C23H24FN5O2. The summed E-state index contributed by atoms with van der Waals surface area (Å²) < 4.78 is 13.1. The van der Waals surface area contributed by atoms with Crippen LogP contribution in [-0.4, -0.2) is 40.0 Å². The maximum Gasteiger partial charge on any atom is 0.273 e. The summed E-state index contributed by atoms with van der Waals surface area (Å²) in [4.78, 5) is 26.5. The van der Waals surface area contributed by atoms with E-state index >= 15 is 0 Å². The van der Waals surface area contributed by atoms with Crippen molar-refractivity contribution in [2.75, 3.05) is 18.4 Å². The number of carbonyl (C=O) groups is 2. The lowest BCUT2D eigenvalue weighted by Gasteiger charge is -2.31. The smallest absolute Gasteiger partial charge is 0.273 e. The Labute approximate surface area is 179 Å². The molecule has 7 nitrogen and oxygen atoms in total. The molecule has 0 saturated carbocycles. The van der Waals surface area contributed by atoms with E-state index in [4.69, 9.17) is 5.73 Å². The van der Waals surface area contributed by atoms with Gasteiger partial charge in [0.25, 0.3) is 5.91 Å². The van der Waals surface area contributed by atoms with Crippen LogP contribution in [-0.2, 0) is 11.3 Å². The number of piperidine rings is 1. The van der Waals surface area contributed by atoms with Crippen molar-refractivity contribution in [1.82, 2.24) is 15.1 Å². The van der Waals surface area contributed by atoms with Crippen LogP contribution in [0.15, 0.2) is 54.6 Å². The molecule has 0 bridgehead atoms. The molecule has 1 atom stereocenters. The number of likely N-dealkylation sites (tertiary alicyclic amines) is 1. The fourth-order valence-corrected chi connectivity index (χ4v) is 3.85. The molecule has 31 heavy (non-hydrogen) atoms. The number of primary amides is 1. The number of aromatic amines is 1. The number of para-hydroxylation sites is 1. The second kappa shape index (κ2) is 9.09. The average Bonchev–Trinajstić information content (AvgIpc) is 3.26. The summed E-state index contributed by atoms with van der Waals surface area (Å²) in [6.45, 7) is 2.12. The Morgan fingerprint density at radius 3 is 2.74 bits per heavy atom. The molecule has 1 fully saturated rings. The molecule has 1 aromatic heterocycles. The summed E-state index contributed by atoms with van der Waals surface area (Å²) in [6.07, 6.45) is 1.74. The van der Waals surface area contributed by atoms with Gasteiger partial charge in [-0.15, -0.1) is 0 Å². The van der Waals surface area contributed by atoms with Gasteiger partial charge < -0.3 is 11.1 Å². The molecule has 4 N–H and O–H groups in total. The highest BCUT2D eigenvalue weighted by Gasteiger charge is 2.24. The maximum atomic E-state index is 13.1. The van der Waals surface area contributed by atoms with Gasteiger partial charge in [0, 0.05) is 24.3 Å². The third-order valence-corrected chi connectivity index (χ3v) is 5.53. The Hall–Kier alpha value is -3.52. The van der Waals surface area contributed by atoms with Crippen LogP contribution in [0.1, 0.15) is 28.9 Å². The van der Waals surface area contributed by atoms with Crippen LogP contribution in [0.5, 0.6) is 0 Å². The van der Waals surface area contributed by atoms with Crippen molar-refractivity contribution in [3.05, 3.63) is 71.7 Å². The number of nitrogens with one attached hydrogen (secondary N) is 2. The van der Waals surface area contributed by atoms with E-state index < -0.39 is 0 Å². The molecule has 1 unspecified atom stereocenters. The van der Waals surface area contributed by atoms with Crippen LogP contribution in [0.25, 0.3) is 11.3 Å². The van der Waals surface area contributed by atoms with Gasteiger partial charge in [0.05, 0.1) is 11.6 Å². The quantitative estimate of drug-likeness (QED) is 0.569. The lowest BCUT2D eigenvalue weighted by Crippen LogP contribution is -2.40. The Morgan fingerprint density at radius 2 is 1.97 bits per heavy atom. The molecule has 2 amide bonds. The number of H-pyrrole nitrogens is 1. The van der Waals surface area contributed by atoms with E-state index in [1.165, 1.54) is 12.1 Å². The second-order valence-corrected chi connectivity index (χ2v) is 7.76. The van der Waals surface area contributed by atoms with Crippen LogP contribution >= 0.6 is 0 Å². The average molecular weight is 421 g/mol. The lowest BCUT2D eigenvalue weighted by molar-refractivity contribution is -0.123. The first kappa shape index (κ1) is 20.7. The standard InChI is InChI=1S/C23H24FN5O2/c24-18-9-7-15(8-10-18)20-12-21(28-27-20)23(31)26-19-6-2-1-4-16(19)13-29-11-3-5-17(14-29)22(25)30/h1-2,4,6-10,12,17H,3,5,11,13-14H2,(H2,25,30)(H,26,31)(H,27,28). The molecule has 0 spiro atoms. The molecular weight excluding hydrogens is 397 g/mol. The van der Waals surface area contributed by atoms with Crippen LogP contribution in [0.4, 0.5) is 10.1 Å². The van der Waals surface area contributed by atoms with Gasteiger partial charge in [0.2, 0.25) is 5.91 Å². The number of rotatable bonds is 6. The number of aromatic nitrogens is 2. The minimum absolute atomic E-state index is 0.134. The molecule has 0 aliphatic carbocycles. The van der Waals surface area contributed by atoms with Crippen molar-refractivity contribution >= 4 is 17.5 Å². The van der Waals surface area contributed by atoms with Gasteiger partial charge in [-0.3, -0.25) is 19.6 Å². The zero-order valence-corrected chi connectivity index (χ0v) is 17.0. The highest BCUT2D eigenvalue weighted by molar-refractivity contribution is 6.03. The molecule has 1 saturated heterocycles. The van der Waals surface area contributed by atoms with Crippen molar-refractivity contribution in [2.24, 2.45) is 11.7 Å². The van der Waals surface area contributed by atoms with Crippen molar-refractivity contribution in [2.45, 2.75) is 19.4 Å². The number of amides is 2. The Balaban J connectivity index is 1.46. The molecule has 1 aliphatic heterocycles. The second-order valence-electron chi connectivity index (χ2n) is 7.76. The molecule has 2 heterocycles. The summed E-state index contributed by atoms with van der Waals surface area (Å²) in [5.41, 5.74) is 8.72. The summed E-state index contributed by atoms with van der Waals surface area (Å²) >= 11 is 0. The minimum Gasteiger partial charge on any atom is -0.369 e. The van der Waals surface area contributed by atoms with Crippen LogP contribution in [0.3, 0.4) is 0 Å². The SMILES string of the molecule is NC(=O)C1CCCN(Cc2ccccc2NC(=O)c2cc(-c3ccc(F)cc3)n[nH]2)C1. The van der Waals surface area contributed by atoms with Crippen molar-refractivity contribution in [3.63, 3.8) is 0 Å². The van der Waals surface area contributed by atoms with Crippen molar-refractivity contribution < 1.29 is 14.0 Å². The van der Waals surface area contributed by atoms with Crippen LogP contribution < -0.4 is 11.1 Å². The highest BCUT2D eigenvalue weighted by atomic mass is 19.1. The maximum absolute atomic E-state index is 13.1. The van der Waals surface area contributed by atoms with E-state index in [0.717, 1.165) is 24.9 Å². The van der Waals surface area contributed by atoms with Gasteiger partial charge in [0.1, 0.15) is 11.5 Å². The molecule has 2 aromatic carbocycles. The summed E-state index contributed by atoms with van der Waals surface area (Å²) in [5, 5.41) is 9.84. The zero-order valence-electron chi connectivity index (χ0n) is 17.0. The number of carbonyl (C=O) groups excluding carboxylic acids is 2. The number of anilines is 1. The van der Waals surface area contributed by atoms with Crippen molar-refractivity contribution in [1.29, 1.82) is 0 Å². The number of benzene rings is 2. The molecule has 0 radical (unpaired) electrons. The minimum atomic E-state index is -0.329. The van der Waals surface area contributed by atoms with Gasteiger partial charge in [-0.2, -0.15) is 5.10 Å². The Bertz CT molecular complexity index is 1080. The van der Waals surface area contributed by atoms with Gasteiger partial charge in [-0.05, 0) is 61.3 Å². The molecule has 8 heteroatoms. The van der Waals surface area contributed by atoms with Gasteiger partial charge in [0.15, 0.2) is 0 Å². The number of hydrogen-bond donors (Lipinski definition) is 3. The van der Waals surface area contributed by atoms with E-state index in [1.807, 2.05) is 24.3 Å². The third kappa shape index (κ3) is 4.97. The molecule has 160 valence electrons. The van der Waals surface area contributed by atoms with E-state index in [2.05, 4.69) is 20.4 Å². The number of nitrogens with two attached hydrogens (primary N) is 1. The summed E-state index contributed by atoms with van der Waals surface area (Å²) in [5.74, 6) is -1.04. The number of hydrogen-bond acceptors (Lipinski definition) is 4. The third-order valence-electron chi connectivity index (χ3n) is 5.53. The van der Waals surface area contributed by atoms with Gasteiger partial charge >= 0.3 is 0 Å². The van der Waals surface area contributed by atoms with Crippen molar-refractivity contribution in [3.8, 4) is 11.3 Å². The molecule has 4 rings (SSSR count). The van der Waals surface area contributed by atoms with Crippen LogP contribution in [0.2, 0.25) is 0 Å². The van der Waals surface area contributed by atoms with Crippen LogP contribution in [0, 0.1) is 11.7 Å². The topological polar surface area (TPSA) is 104 Å². The molecule has 1 aliphatic rings. The first-order valence-corrected chi connectivity index (χ1v) is 10.2. The van der Waals surface area contributed by atoms with E-state index in [0.29, 0.717) is 35.7 Å². The summed E-state index contributed by atoms with van der Waals surface area (Å²) in [7, 11) is 0. The van der Waals surface area contributed by atoms with E-state index in [1.54, 1.807) is 18.2 Å². The fourth-order valence-electron chi connectivity index (χ4n) is 3.85. The highest BCUT2D eigenvalue weighted by Crippen LogP contribution is 2.23. The zero-order chi connectivity index (χ0) is 21.8. The van der Waals surface area contributed by atoms with Gasteiger partial charge in [-0.25, -0.2) is 4.39 Å². The molecule has 3 aromatic rings. The predicted octanol–water partition coefficient (Wildman–Crippen LogP) is 3.17. The Kier molecular flexibility index (Phi) is 6.08. The van der Waals surface area contributed by atoms with Gasteiger partial charge in [-0.1, -0.05) is 18.2 Å². The summed E-state index contributed by atoms with van der Waals surface area (Å²) in [6, 6.07) is 15.1. The first-order valence-electron chi connectivity index (χ1n) is 10.2. The van der Waals surface area contributed by atoms with E-state index in [-0.39, 0.29) is 23.5 Å². The Morgan fingerprint density at radius 1 is 1.19 bits per heavy atom. The number of nitrogens with zero attached hydrogens (tertiary/aromatic N) is 2. The monoisotopic (exact) mass is 421 g/mol. The number of halogens is 1. The normalized spacial score (nSPS) is 16.7. The predicted molar refractivity (Wildman–Crippen MR) is 116 cm³/mol. The largest absolute Gasteiger partial charge is 0.369 e.